The van der Waals surface area contributed by atoms with E-state index in [2.05, 4.69) is 10.2 Å². The maximum atomic E-state index is 13.3. The van der Waals surface area contributed by atoms with Crippen molar-refractivity contribution < 1.29 is 18.7 Å². The lowest BCUT2D eigenvalue weighted by Gasteiger charge is -2.29. The summed E-state index contributed by atoms with van der Waals surface area (Å²) in [5, 5.41) is 2.94. The highest BCUT2D eigenvalue weighted by Gasteiger charge is 2.30. The molecule has 0 bridgehead atoms. The molecule has 0 unspecified atom stereocenters. The molecule has 0 saturated carbocycles. The van der Waals surface area contributed by atoms with Gasteiger partial charge in [0.1, 0.15) is 17.6 Å². The van der Waals surface area contributed by atoms with Gasteiger partial charge in [-0.05, 0) is 61.2 Å². The van der Waals surface area contributed by atoms with Crippen molar-refractivity contribution in [2.45, 2.75) is 39.8 Å². The van der Waals surface area contributed by atoms with Gasteiger partial charge in [-0.1, -0.05) is 26.0 Å². The third kappa shape index (κ3) is 7.02. The second-order valence-corrected chi connectivity index (χ2v) is 8.73. The molecule has 7 heteroatoms. The van der Waals surface area contributed by atoms with E-state index in [1.807, 2.05) is 25.7 Å². The molecule has 3 rings (SSSR count). The Labute approximate surface area is 195 Å². The third-order valence-corrected chi connectivity index (χ3v) is 5.87. The highest BCUT2D eigenvalue weighted by molar-refractivity contribution is 5.97. The van der Waals surface area contributed by atoms with E-state index >= 15 is 0 Å². The van der Waals surface area contributed by atoms with Crippen molar-refractivity contribution in [2.24, 2.45) is 5.92 Å². The topological polar surface area (TPSA) is 61.9 Å². The minimum absolute atomic E-state index is 0.0391. The zero-order valence-corrected chi connectivity index (χ0v) is 19.7. The Kier molecular flexibility index (Phi) is 8.83. The molecule has 178 valence electrons. The molecule has 0 radical (unpaired) electrons. The fraction of sp³-hybridized carbons (Fsp3) is 0.462. The van der Waals surface area contributed by atoms with E-state index < -0.39 is 6.04 Å². The Balaban J connectivity index is 1.59. The van der Waals surface area contributed by atoms with Crippen molar-refractivity contribution >= 4 is 11.8 Å². The van der Waals surface area contributed by atoms with Gasteiger partial charge in [-0.2, -0.15) is 0 Å². The first-order valence-electron chi connectivity index (χ1n) is 11.7. The summed E-state index contributed by atoms with van der Waals surface area (Å²) in [6.07, 6.45) is 0.852. The summed E-state index contributed by atoms with van der Waals surface area (Å²) in [6.45, 7) is 9.94. The molecule has 1 aliphatic rings. The molecule has 0 aromatic heterocycles. The van der Waals surface area contributed by atoms with E-state index in [9.17, 15) is 14.0 Å². The Morgan fingerprint density at radius 1 is 1.00 bits per heavy atom. The lowest BCUT2D eigenvalue weighted by molar-refractivity contribution is -0.134. The number of hydrogen-bond acceptors (Lipinski definition) is 4. The van der Waals surface area contributed by atoms with Gasteiger partial charge in [0.2, 0.25) is 5.91 Å². The highest BCUT2D eigenvalue weighted by atomic mass is 19.1. The van der Waals surface area contributed by atoms with Crippen LogP contribution in [0.2, 0.25) is 0 Å². The molecule has 1 saturated heterocycles. The lowest BCUT2D eigenvalue weighted by atomic mass is 10.0. The second-order valence-electron chi connectivity index (χ2n) is 8.73. The first-order valence-corrected chi connectivity index (χ1v) is 11.7. The average Bonchev–Trinajstić information content (AvgIpc) is 3.04. The zero-order valence-electron chi connectivity index (χ0n) is 19.7. The first-order chi connectivity index (χ1) is 15.9. The van der Waals surface area contributed by atoms with Crippen LogP contribution in [0.5, 0.6) is 5.75 Å². The molecule has 6 nitrogen and oxygen atoms in total. The number of benzene rings is 2. The molecule has 2 amide bonds. The average molecular weight is 456 g/mol. The summed E-state index contributed by atoms with van der Waals surface area (Å²) in [5.41, 5.74) is 1.55. The van der Waals surface area contributed by atoms with Crippen molar-refractivity contribution in [1.29, 1.82) is 0 Å². The van der Waals surface area contributed by atoms with E-state index in [0.717, 1.165) is 31.6 Å². The number of hydrogen-bond donors (Lipinski definition) is 1. The van der Waals surface area contributed by atoms with Gasteiger partial charge in [-0.3, -0.25) is 14.5 Å². The number of nitrogens with one attached hydrogen (secondary N) is 1. The molecule has 1 aliphatic heterocycles. The van der Waals surface area contributed by atoms with Gasteiger partial charge < -0.3 is 15.0 Å². The van der Waals surface area contributed by atoms with Crippen LogP contribution in [-0.4, -0.2) is 60.4 Å². The van der Waals surface area contributed by atoms with Crippen LogP contribution in [0, 0.1) is 11.7 Å². The fourth-order valence-electron chi connectivity index (χ4n) is 4.00. The predicted octanol–water partition coefficient (Wildman–Crippen LogP) is 3.71. The highest BCUT2D eigenvalue weighted by Crippen LogP contribution is 2.15. The largest absolute Gasteiger partial charge is 0.494 e. The smallest absolute Gasteiger partial charge is 0.251 e. The van der Waals surface area contributed by atoms with Crippen LogP contribution in [-0.2, 0) is 11.3 Å². The van der Waals surface area contributed by atoms with E-state index in [0.29, 0.717) is 31.0 Å². The van der Waals surface area contributed by atoms with Crippen molar-refractivity contribution in [1.82, 2.24) is 15.1 Å². The van der Waals surface area contributed by atoms with Crippen LogP contribution in [0.25, 0.3) is 0 Å². The van der Waals surface area contributed by atoms with Crippen molar-refractivity contribution in [3.05, 3.63) is 65.5 Å². The Morgan fingerprint density at radius 3 is 2.33 bits per heavy atom. The van der Waals surface area contributed by atoms with Gasteiger partial charge in [-0.15, -0.1) is 0 Å². The van der Waals surface area contributed by atoms with E-state index in [-0.39, 0.29) is 23.5 Å². The van der Waals surface area contributed by atoms with Gasteiger partial charge in [0, 0.05) is 38.3 Å². The van der Waals surface area contributed by atoms with E-state index in [4.69, 9.17) is 4.74 Å². The SMILES string of the molecule is CCOc1ccc(C(=O)N[C@H](C(=O)N2CCCN(Cc3ccc(F)cc3)CC2)C(C)C)cc1. The molecule has 1 atom stereocenters. The van der Waals surface area contributed by atoms with Crippen molar-refractivity contribution in [2.75, 3.05) is 32.8 Å². The first kappa shape index (κ1) is 24.7. The van der Waals surface area contributed by atoms with Crippen LogP contribution in [0.15, 0.2) is 48.5 Å². The summed E-state index contributed by atoms with van der Waals surface area (Å²) in [7, 11) is 0. The van der Waals surface area contributed by atoms with Crippen LogP contribution in [0.4, 0.5) is 4.39 Å². The van der Waals surface area contributed by atoms with Gasteiger partial charge in [0.25, 0.3) is 5.91 Å². The standard InChI is InChI=1S/C26H34FN3O3/c1-4-33-23-12-8-21(9-13-23)25(31)28-24(19(2)3)26(32)30-15-5-14-29(16-17-30)18-20-6-10-22(27)11-7-20/h6-13,19,24H,4-5,14-18H2,1-3H3,(H,28,31)/t24-/m0/s1. The van der Waals surface area contributed by atoms with Crippen LogP contribution in [0.3, 0.4) is 0 Å². The number of amides is 2. The maximum absolute atomic E-state index is 13.3. The second kappa shape index (κ2) is 11.8. The van der Waals surface area contributed by atoms with Crippen LogP contribution in [0.1, 0.15) is 43.1 Å². The summed E-state index contributed by atoms with van der Waals surface area (Å²) >= 11 is 0. The van der Waals surface area contributed by atoms with E-state index in [1.165, 1.54) is 12.1 Å². The van der Waals surface area contributed by atoms with Crippen molar-refractivity contribution in [3.8, 4) is 5.75 Å². The summed E-state index contributed by atoms with van der Waals surface area (Å²) in [4.78, 5) is 30.3. The monoisotopic (exact) mass is 455 g/mol. The lowest BCUT2D eigenvalue weighted by Crippen LogP contribution is -2.52. The van der Waals surface area contributed by atoms with Crippen LogP contribution >= 0.6 is 0 Å². The van der Waals surface area contributed by atoms with E-state index in [1.54, 1.807) is 36.4 Å². The third-order valence-electron chi connectivity index (χ3n) is 5.87. The molecular formula is C26H34FN3O3. The minimum atomic E-state index is -0.590. The number of rotatable bonds is 8. The molecule has 1 N–H and O–H groups in total. The maximum Gasteiger partial charge on any atom is 0.251 e. The number of carbonyl (C=O) groups is 2. The number of halogens is 1. The van der Waals surface area contributed by atoms with Crippen LogP contribution < -0.4 is 10.1 Å². The molecule has 1 heterocycles. The van der Waals surface area contributed by atoms with Gasteiger partial charge in [0.15, 0.2) is 0 Å². The summed E-state index contributed by atoms with van der Waals surface area (Å²) in [6, 6.07) is 12.9. The number of carbonyl (C=O) groups excluding carboxylic acids is 2. The summed E-state index contributed by atoms with van der Waals surface area (Å²) in [5.74, 6) is 0.118. The minimum Gasteiger partial charge on any atom is -0.494 e. The zero-order chi connectivity index (χ0) is 23.8. The molecule has 33 heavy (non-hydrogen) atoms. The fourth-order valence-corrected chi connectivity index (χ4v) is 4.00. The predicted molar refractivity (Wildman–Crippen MR) is 127 cm³/mol. The summed E-state index contributed by atoms with van der Waals surface area (Å²) < 4.78 is 18.6. The molecule has 0 aliphatic carbocycles. The molecule has 2 aromatic carbocycles. The number of ether oxygens (including phenoxy) is 1. The quantitative estimate of drug-likeness (QED) is 0.659. The number of nitrogens with zero attached hydrogens (tertiary/aromatic N) is 2. The Morgan fingerprint density at radius 2 is 1.70 bits per heavy atom. The van der Waals surface area contributed by atoms with Gasteiger partial charge in [0.05, 0.1) is 6.61 Å². The van der Waals surface area contributed by atoms with Gasteiger partial charge in [-0.25, -0.2) is 4.39 Å². The van der Waals surface area contributed by atoms with Gasteiger partial charge >= 0.3 is 0 Å². The Bertz CT molecular complexity index is 915. The molecular weight excluding hydrogens is 421 g/mol. The Hall–Kier alpha value is -2.93. The van der Waals surface area contributed by atoms with Crippen molar-refractivity contribution in [3.63, 3.8) is 0 Å². The molecule has 2 aromatic rings. The normalized spacial score (nSPS) is 15.7. The molecule has 0 spiro atoms. The molecule has 1 fully saturated rings.